The van der Waals surface area contributed by atoms with Crippen molar-refractivity contribution in [3.05, 3.63) is 0 Å². The highest BCUT2D eigenvalue weighted by Crippen LogP contribution is 2.33. The monoisotopic (exact) mass is 229 g/mol. The van der Waals surface area contributed by atoms with Crippen LogP contribution >= 0.6 is 0 Å². The molecule has 2 unspecified atom stereocenters. The maximum Gasteiger partial charge on any atom is 0.147 e. The Morgan fingerprint density at radius 3 is 2.19 bits per heavy atom. The van der Waals surface area contributed by atoms with Crippen LogP contribution in [0.15, 0.2) is 0 Å². The summed E-state index contributed by atoms with van der Waals surface area (Å²) in [6, 6.07) is 0. The minimum Gasteiger partial charge on any atom is -0.549 e. The van der Waals surface area contributed by atoms with E-state index in [1.54, 1.807) is 0 Å². The highest BCUT2D eigenvalue weighted by atomic mass is 16.4. The van der Waals surface area contributed by atoms with Crippen LogP contribution in [0.1, 0.15) is 12.8 Å². The highest BCUT2D eigenvalue weighted by molar-refractivity contribution is 6.00. The molecule has 0 spiro atoms. The van der Waals surface area contributed by atoms with E-state index < -0.39 is 18.0 Å². The second-order valence-electron chi connectivity index (χ2n) is 5.51. The Labute approximate surface area is 95.3 Å². The molecule has 0 amide bonds. The van der Waals surface area contributed by atoms with Crippen molar-refractivity contribution in [3.63, 3.8) is 0 Å². The second-order valence-corrected chi connectivity index (χ2v) is 5.51. The summed E-state index contributed by atoms with van der Waals surface area (Å²) in [7, 11) is 5.49. The van der Waals surface area contributed by atoms with Gasteiger partial charge in [-0.25, -0.2) is 0 Å². The van der Waals surface area contributed by atoms with Crippen molar-refractivity contribution >= 4 is 11.8 Å². The lowest BCUT2D eigenvalue weighted by atomic mass is 9.94. The number of carbonyl (C=O) groups is 2. The number of ketones is 1. The quantitative estimate of drug-likeness (QED) is 0.439. The van der Waals surface area contributed by atoms with E-state index in [0.717, 1.165) is 12.8 Å². The molecule has 0 aliphatic heterocycles. The molecule has 1 fully saturated rings. The van der Waals surface area contributed by atoms with Crippen LogP contribution in [0.3, 0.4) is 0 Å². The van der Waals surface area contributed by atoms with Gasteiger partial charge >= 0.3 is 0 Å². The molecule has 1 N–H and O–H groups in total. The number of carbonyl (C=O) groups excluding carboxylic acids is 2. The average Bonchev–Trinajstić information content (AvgIpc) is 2.80. The minimum absolute atomic E-state index is 0.176. The second kappa shape index (κ2) is 4.51. The minimum atomic E-state index is -1.46. The third-order valence-electron chi connectivity index (χ3n) is 2.66. The molecule has 16 heavy (non-hydrogen) atoms. The number of aliphatic hydroxyl groups excluding tert-OH is 1. The lowest BCUT2D eigenvalue weighted by molar-refractivity contribution is -0.873. The van der Waals surface area contributed by atoms with E-state index in [0.29, 0.717) is 4.48 Å². The molecule has 5 nitrogen and oxygen atoms in total. The van der Waals surface area contributed by atoms with Gasteiger partial charge in [0.05, 0.1) is 33.0 Å². The van der Waals surface area contributed by atoms with Crippen molar-refractivity contribution in [2.24, 2.45) is 11.8 Å². The SMILES string of the molecule is C[N+](C)(C)CC(O)C(C(=O)[O-])C(=O)C1CC1. The fourth-order valence-corrected chi connectivity index (χ4v) is 1.75. The largest absolute Gasteiger partial charge is 0.549 e. The zero-order valence-corrected chi connectivity index (χ0v) is 9.97. The number of carboxylic acid groups (broad SMARTS) is 1. The van der Waals surface area contributed by atoms with E-state index in [1.165, 1.54) is 0 Å². The van der Waals surface area contributed by atoms with Crippen molar-refractivity contribution in [1.29, 1.82) is 0 Å². The van der Waals surface area contributed by atoms with E-state index >= 15 is 0 Å². The molecule has 1 aliphatic rings. The number of rotatable bonds is 6. The summed E-state index contributed by atoms with van der Waals surface area (Å²) in [5, 5.41) is 20.7. The Morgan fingerprint density at radius 1 is 1.38 bits per heavy atom. The van der Waals surface area contributed by atoms with Crippen molar-refractivity contribution in [3.8, 4) is 0 Å². The number of hydrogen-bond donors (Lipinski definition) is 1. The van der Waals surface area contributed by atoms with Crippen LogP contribution in [0.25, 0.3) is 0 Å². The molecule has 1 saturated carbocycles. The Morgan fingerprint density at radius 2 is 1.88 bits per heavy atom. The zero-order chi connectivity index (χ0) is 12.5. The predicted octanol–water partition coefficient (Wildman–Crippen LogP) is -1.60. The van der Waals surface area contributed by atoms with Gasteiger partial charge in [-0.1, -0.05) is 0 Å². The molecule has 2 atom stereocenters. The van der Waals surface area contributed by atoms with Crippen LogP contribution in [0.4, 0.5) is 0 Å². The van der Waals surface area contributed by atoms with E-state index in [2.05, 4.69) is 0 Å². The summed E-state index contributed by atoms with van der Waals surface area (Å²) >= 11 is 0. The van der Waals surface area contributed by atoms with E-state index in [9.17, 15) is 19.8 Å². The summed E-state index contributed by atoms with van der Waals surface area (Å²) in [5.41, 5.74) is 0. The topological polar surface area (TPSA) is 77.4 Å². The third-order valence-corrected chi connectivity index (χ3v) is 2.66. The first-order valence-corrected chi connectivity index (χ1v) is 5.45. The van der Waals surface area contributed by atoms with Crippen LogP contribution < -0.4 is 5.11 Å². The Kier molecular flexibility index (Phi) is 3.70. The van der Waals surface area contributed by atoms with E-state index in [4.69, 9.17) is 0 Å². The Bertz CT molecular complexity index is 291. The van der Waals surface area contributed by atoms with Crippen LogP contribution in [0.2, 0.25) is 0 Å². The van der Waals surface area contributed by atoms with Gasteiger partial charge in [-0.2, -0.15) is 0 Å². The highest BCUT2D eigenvalue weighted by Gasteiger charge is 2.40. The molecule has 0 saturated heterocycles. The standard InChI is InChI=1S/C11H19NO4/c1-12(2,3)6-8(13)9(11(15)16)10(14)7-4-5-7/h7-9,13H,4-6H2,1-3H3. The van der Waals surface area contributed by atoms with Crippen LogP contribution in [-0.4, -0.2) is 55.1 Å². The molecule has 1 aliphatic carbocycles. The summed E-state index contributed by atoms with van der Waals surface area (Å²) in [5.74, 6) is -3.38. The number of aliphatic carboxylic acids is 1. The van der Waals surface area contributed by atoms with Gasteiger partial charge in [0.25, 0.3) is 0 Å². The number of aliphatic hydroxyl groups is 1. The molecular weight excluding hydrogens is 210 g/mol. The maximum absolute atomic E-state index is 11.7. The molecule has 0 bridgehead atoms. The number of nitrogens with zero attached hydrogens (tertiary/aromatic N) is 1. The number of hydrogen-bond acceptors (Lipinski definition) is 4. The van der Waals surface area contributed by atoms with Gasteiger partial charge < -0.3 is 19.5 Å². The molecule has 92 valence electrons. The summed E-state index contributed by atoms with van der Waals surface area (Å²) in [6.45, 7) is 0.219. The van der Waals surface area contributed by atoms with Gasteiger partial charge in [-0.15, -0.1) is 0 Å². The van der Waals surface area contributed by atoms with Crippen LogP contribution in [-0.2, 0) is 9.59 Å². The van der Waals surface area contributed by atoms with Gasteiger partial charge in [0.1, 0.15) is 18.4 Å². The molecule has 0 radical (unpaired) electrons. The van der Waals surface area contributed by atoms with Crippen molar-refractivity contribution in [2.45, 2.75) is 18.9 Å². The van der Waals surface area contributed by atoms with Gasteiger partial charge in [-0.05, 0) is 12.8 Å². The Balaban J connectivity index is 2.69. The van der Waals surface area contributed by atoms with Gasteiger partial charge in [0.2, 0.25) is 0 Å². The molecular formula is C11H19NO4. The van der Waals surface area contributed by atoms with Gasteiger partial charge in [0.15, 0.2) is 0 Å². The number of Topliss-reactive ketones (excluding diaryl/α,β-unsaturated/α-hetero) is 1. The van der Waals surface area contributed by atoms with Crippen molar-refractivity contribution < 1.29 is 24.3 Å². The summed E-state index contributed by atoms with van der Waals surface area (Å²) < 4.78 is 0.406. The van der Waals surface area contributed by atoms with Gasteiger partial charge in [0, 0.05) is 5.92 Å². The Hall–Kier alpha value is -0.940. The first-order chi connectivity index (χ1) is 7.22. The van der Waals surface area contributed by atoms with Crippen LogP contribution in [0, 0.1) is 11.8 Å². The fraction of sp³-hybridized carbons (Fsp3) is 0.818. The molecule has 0 aromatic carbocycles. The van der Waals surface area contributed by atoms with Gasteiger partial charge in [-0.3, -0.25) is 4.79 Å². The van der Waals surface area contributed by atoms with Crippen molar-refractivity contribution in [2.75, 3.05) is 27.7 Å². The zero-order valence-electron chi connectivity index (χ0n) is 9.97. The molecule has 1 rings (SSSR count). The average molecular weight is 229 g/mol. The first kappa shape index (κ1) is 13.1. The number of quaternary nitrogens is 1. The summed E-state index contributed by atoms with van der Waals surface area (Å²) in [6.07, 6.45) is 0.303. The molecule has 0 aromatic rings. The summed E-state index contributed by atoms with van der Waals surface area (Å²) in [4.78, 5) is 22.6. The lowest BCUT2D eigenvalue weighted by Crippen LogP contribution is -2.51. The smallest absolute Gasteiger partial charge is 0.147 e. The molecule has 0 heterocycles. The molecule has 0 aromatic heterocycles. The third kappa shape index (κ3) is 3.57. The van der Waals surface area contributed by atoms with Crippen molar-refractivity contribution in [1.82, 2.24) is 0 Å². The number of carboxylic acids is 1. The first-order valence-electron chi connectivity index (χ1n) is 5.45. The maximum atomic E-state index is 11.7. The number of likely N-dealkylation sites (N-methyl/N-ethyl adjacent to an activating group) is 1. The fourth-order valence-electron chi connectivity index (χ4n) is 1.75. The van der Waals surface area contributed by atoms with E-state index in [-0.39, 0.29) is 18.2 Å². The molecule has 5 heteroatoms. The van der Waals surface area contributed by atoms with Crippen LogP contribution in [0.5, 0.6) is 0 Å². The van der Waals surface area contributed by atoms with E-state index in [1.807, 2.05) is 21.1 Å². The lowest BCUT2D eigenvalue weighted by Gasteiger charge is -2.30. The predicted molar refractivity (Wildman–Crippen MR) is 55.1 cm³/mol. The normalized spacial score (nSPS) is 20.2.